The highest BCUT2D eigenvalue weighted by molar-refractivity contribution is 8.03. The van der Waals surface area contributed by atoms with Crippen molar-refractivity contribution in [1.29, 1.82) is 0 Å². The summed E-state index contributed by atoms with van der Waals surface area (Å²) < 4.78 is 0. The number of thioether (sulfide) groups is 1. The Morgan fingerprint density at radius 2 is 1.78 bits per heavy atom. The number of rotatable bonds is 10. The second-order valence-electron chi connectivity index (χ2n) is 8.32. The molecule has 0 spiro atoms. The maximum atomic E-state index is 11.3. The van der Waals surface area contributed by atoms with Crippen molar-refractivity contribution in [2.45, 2.75) is 19.4 Å². The fourth-order valence-electron chi connectivity index (χ4n) is 3.91. The van der Waals surface area contributed by atoms with E-state index in [1.165, 1.54) is 54.0 Å². The number of nitrogens with two attached hydrogens (primary N) is 1. The van der Waals surface area contributed by atoms with Crippen molar-refractivity contribution < 1.29 is 9.59 Å². The van der Waals surface area contributed by atoms with Gasteiger partial charge in [-0.15, -0.1) is 0 Å². The lowest BCUT2D eigenvalue weighted by molar-refractivity contribution is -0.114. The highest BCUT2D eigenvalue weighted by Crippen LogP contribution is 2.22. The van der Waals surface area contributed by atoms with Crippen molar-refractivity contribution in [3.05, 3.63) is 88.6 Å². The lowest BCUT2D eigenvalue weighted by atomic mass is 10.1. The van der Waals surface area contributed by atoms with Gasteiger partial charge in [0.1, 0.15) is 11.3 Å². The van der Waals surface area contributed by atoms with Gasteiger partial charge in [-0.2, -0.15) is 0 Å². The van der Waals surface area contributed by atoms with Gasteiger partial charge >= 0.3 is 0 Å². The smallest absolute Gasteiger partial charge is 0.269 e. The number of aldehydes is 1. The summed E-state index contributed by atoms with van der Waals surface area (Å²) in [5, 5.41) is 9.18. The molecule has 0 bridgehead atoms. The van der Waals surface area contributed by atoms with Crippen LogP contribution in [-0.2, 0) is 11.3 Å². The maximum absolute atomic E-state index is 11.3. The molecular weight excluding hydrogens is 470 g/mol. The molecule has 1 saturated heterocycles. The van der Waals surface area contributed by atoms with Gasteiger partial charge in [0, 0.05) is 24.8 Å². The summed E-state index contributed by atoms with van der Waals surface area (Å²) in [6, 6.07) is 22.2. The maximum Gasteiger partial charge on any atom is 0.269 e. The first-order valence-electron chi connectivity index (χ1n) is 11.8. The number of carbonyl (C=O) groups excluding carboxylic acids is 2. The second-order valence-corrected chi connectivity index (χ2v) is 9.31. The molecule has 0 radical (unpaired) electrons. The van der Waals surface area contributed by atoms with E-state index in [-0.39, 0.29) is 5.70 Å². The van der Waals surface area contributed by atoms with E-state index in [9.17, 15) is 9.59 Å². The molecule has 7 nitrogen and oxygen atoms in total. The van der Waals surface area contributed by atoms with E-state index in [0.29, 0.717) is 10.9 Å². The Bertz CT molecular complexity index is 1200. The molecule has 4 N–H and O–H groups in total. The van der Waals surface area contributed by atoms with Gasteiger partial charge in [-0.1, -0.05) is 66.4 Å². The van der Waals surface area contributed by atoms with E-state index in [2.05, 4.69) is 51.5 Å². The highest BCUT2D eigenvalue weighted by atomic mass is 32.2. The first kappa shape index (κ1) is 27.0. The monoisotopic (exact) mass is 503 g/mol. The molecule has 1 fully saturated rings. The summed E-state index contributed by atoms with van der Waals surface area (Å²) in [5.74, 6) is -0.0292. The molecule has 4 rings (SSSR count). The largest absolute Gasteiger partial charge is 0.381 e. The molecule has 8 heteroatoms. The van der Waals surface area contributed by atoms with Crippen molar-refractivity contribution in [1.82, 2.24) is 10.2 Å². The summed E-state index contributed by atoms with van der Waals surface area (Å²) in [5.41, 5.74) is 8.48. The molecule has 3 aromatic carbocycles. The molecule has 0 atom stereocenters. The Labute approximate surface area is 216 Å². The quantitative estimate of drug-likeness (QED) is 0.162. The van der Waals surface area contributed by atoms with Gasteiger partial charge in [0.25, 0.3) is 5.91 Å². The fraction of sp³-hybridized carbons (Fsp3) is 0.250. The molecule has 36 heavy (non-hydrogen) atoms. The lowest BCUT2D eigenvalue weighted by Gasteiger charge is -2.14. The van der Waals surface area contributed by atoms with Crippen molar-refractivity contribution in [2.24, 2.45) is 10.7 Å². The van der Waals surface area contributed by atoms with Gasteiger partial charge in [-0.3, -0.25) is 19.5 Å². The molecule has 1 amide bonds. The summed E-state index contributed by atoms with van der Waals surface area (Å²) >= 11 is 1.41. The first-order valence-corrected chi connectivity index (χ1v) is 12.8. The Balaban J connectivity index is 0.000000221. The molecule has 1 aliphatic rings. The molecule has 1 heterocycles. The Hall–Kier alpha value is -3.62. The van der Waals surface area contributed by atoms with Crippen LogP contribution in [0.2, 0.25) is 0 Å². The van der Waals surface area contributed by atoms with Gasteiger partial charge in [0.15, 0.2) is 5.70 Å². The summed E-state index contributed by atoms with van der Waals surface area (Å²) in [7, 11) is 1.71. The van der Waals surface area contributed by atoms with E-state index in [1.807, 2.05) is 42.5 Å². The number of amides is 1. The van der Waals surface area contributed by atoms with Gasteiger partial charge in [0.2, 0.25) is 0 Å². The predicted molar refractivity (Wildman–Crippen MR) is 151 cm³/mol. The van der Waals surface area contributed by atoms with E-state index in [0.717, 1.165) is 24.1 Å². The summed E-state index contributed by atoms with van der Waals surface area (Å²) in [6.07, 6.45) is 3.54. The van der Waals surface area contributed by atoms with Crippen LogP contribution in [0.3, 0.4) is 0 Å². The molecule has 1 aliphatic heterocycles. The average Bonchev–Trinajstić information content (AvgIpc) is 3.42. The minimum Gasteiger partial charge on any atom is -0.381 e. The number of benzene rings is 3. The number of hydrogen-bond acceptors (Lipinski definition) is 7. The van der Waals surface area contributed by atoms with E-state index in [4.69, 9.17) is 5.73 Å². The zero-order chi connectivity index (χ0) is 25.8. The van der Waals surface area contributed by atoms with Crippen LogP contribution < -0.4 is 16.4 Å². The zero-order valence-corrected chi connectivity index (χ0v) is 21.4. The van der Waals surface area contributed by atoms with Crippen LogP contribution in [0, 0.1) is 0 Å². The number of aliphatic imine (C=N–C) groups is 1. The standard InChI is InChI=1S/C16H18N4OS.C12H15NO/c1-18-14(15(17)21)16(19-2)22-10-20-13-8-7-11-5-3-4-6-12(11)9-13;14-10-12-5-3-11(4-6-12)9-13-7-1-2-8-13/h3-9,19-20H,1,10H2,2H3,(H2,17,21);3-6,10H,1-2,7-9H2/b16-14-;. The third-order valence-electron chi connectivity index (χ3n) is 5.80. The third-order valence-corrected chi connectivity index (χ3v) is 6.77. The lowest BCUT2D eigenvalue weighted by Crippen LogP contribution is -2.19. The third kappa shape index (κ3) is 7.96. The van der Waals surface area contributed by atoms with Gasteiger partial charge in [-0.05, 0) is 61.1 Å². The van der Waals surface area contributed by atoms with Crippen LogP contribution in [0.5, 0.6) is 0 Å². The van der Waals surface area contributed by atoms with E-state index < -0.39 is 5.91 Å². The number of likely N-dealkylation sites (tertiary alicyclic amines) is 1. The normalized spacial score (nSPS) is 13.8. The number of fused-ring (bicyclic) bond motifs is 1. The number of carbonyl (C=O) groups is 2. The van der Waals surface area contributed by atoms with Crippen molar-refractivity contribution in [2.75, 3.05) is 31.3 Å². The van der Waals surface area contributed by atoms with Crippen LogP contribution in [0.1, 0.15) is 28.8 Å². The van der Waals surface area contributed by atoms with E-state index in [1.54, 1.807) is 7.05 Å². The number of primary amides is 1. The fourth-order valence-corrected chi connectivity index (χ4v) is 4.74. The molecule has 0 aromatic heterocycles. The van der Waals surface area contributed by atoms with Gasteiger partial charge < -0.3 is 16.4 Å². The molecule has 0 unspecified atom stereocenters. The number of nitrogens with zero attached hydrogens (tertiary/aromatic N) is 2. The average molecular weight is 504 g/mol. The highest BCUT2D eigenvalue weighted by Gasteiger charge is 2.11. The summed E-state index contributed by atoms with van der Waals surface area (Å²) in [6.45, 7) is 6.83. The predicted octanol–water partition coefficient (Wildman–Crippen LogP) is 4.61. The SMILES string of the molecule is C=N/C(C(N)=O)=C(/NC)SCNc1ccc2ccccc2c1.O=Cc1ccc(CN2CCCC2)cc1. The Morgan fingerprint density at radius 3 is 2.39 bits per heavy atom. The molecule has 3 aromatic rings. The van der Waals surface area contributed by atoms with Gasteiger partial charge in [0.05, 0.1) is 5.88 Å². The number of nitrogens with one attached hydrogen (secondary N) is 2. The first-order chi connectivity index (χ1) is 17.5. The van der Waals surface area contributed by atoms with Crippen LogP contribution >= 0.6 is 11.8 Å². The topological polar surface area (TPSA) is 99.8 Å². The second kappa shape index (κ2) is 14.1. The minimum atomic E-state index is -0.599. The number of hydrogen-bond donors (Lipinski definition) is 3. The Kier molecular flexibility index (Phi) is 10.5. The summed E-state index contributed by atoms with van der Waals surface area (Å²) in [4.78, 5) is 27.8. The van der Waals surface area contributed by atoms with Crippen LogP contribution in [-0.4, -0.2) is 49.8 Å². The van der Waals surface area contributed by atoms with Crippen molar-refractivity contribution in [3.63, 3.8) is 0 Å². The molecule has 0 aliphatic carbocycles. The van der Waals surface area contributed by atoms with Crippen LogP contribution in [0.15, 0.2) is 82.4 Å². The van der Waals surface area contributed by atoms with Crippen LogP contribution in [0.4, 0.5) is 5.69 Å². The van der Waals surface area contributed by atoms with E-state index >= 15 is 0 Å². The number of anilines is 1. The molecule has 0 saturated carbocycles. The minimum absolute atomic E-state index is 0.146. The van der Waals surface area contributed by atoms with Crippen LogP contribution in [0.25, 0.3) is 10.8 Å². The van der Waals surface area contributed by atoms with Crippen molar-refractivity contribution >= 4 is 47.1 Å². The molecular formula is C28H33N5O2S. The Morgan fingerprint density at radius 1 is 1.08 bits per heavy atom. The molecule has 188 valence electrons. The van der Waals surface area contributed by atoms with Crippen molar-refractivity contribution in [3.8, 4) is 0 Å². The van der Waals surface area contributed by atoms with Gasteiger partial charge in [-0.25, -0.2) is 0 Å². The zero-order valence-electron chi connectivity index (χ0n) is 20.6.